The quantitative estimate of drug-likeness (QED) is 0.751. The molecule has 1 heterocycles. The second-order valence-electron chi connectivity index (χ2n) is 4.98. The minimum Gasteiger partial charge on any atom is -0.381 e. The molecule has 0 amide bonds. The molecule has 1 N–H and O–H groups in total. The lowest BCUT2D eigenvalue weighted by molar-refractivity contribution is 0.219. The third kappa shape index (κ3) is 4.01. The zero-order valence-electron chi connectivity index (χ0n) is 11.1. The van der Waals surface area contributed by atoms with Crippen molar-refractivity contribution in [3.63, 3.8) is 0 Å². The first-order valence-corrected chi connectivity index (χ1v) is 8.29. The van der Waals surface area contributed by atoms with Gasteiger partial charge in [0.15, 0.2) is 0 Å². The molecule has 1 saturated heterocycles. The molecule has 0 bridgehead atoms. The van der Waals surface area contributed by atoms with Crippen LogP contribution in [0.4, 0.5) is 5.69 Å². The van der Waals surface area contributed by atoms with Crippen molar-refractivity contribution in [2.24, 2.45) is 0 Å². The van der Waals surface area contributed by atoms with E-state index in [1.54, 1.807) is 0 Å². The number of hydrogen-bond donors (Lipinski definition) is 1. The number of nitrogens with zero attached hydrogens (tertiary/aromatic N) is 1. The highest BCUT2D eigenvalue weighted by Gasteiger charge is 2.19. The zero-order chi connectivity index (χ0) is 13.8. The van der Waals surface area contributed by atoms with Crippen molar-refractivity contribution in [2.75, 3.05) is 25.0 Å². The van der Waals surface area contributed by atoms with Crippen LogP contribution in [0.5, 0.6) is 0 Å². The summed E-state index contributed by atoms with van der Waals surface area (Å²) in [6, 6.07) is 4.40. The van der Waals surface area contributed by atoms with Gasteiger partial charge in [-0.1, -0.05) is 30.1 Å². The molecule has 2 nitrogen and oxygen atoms in total. The molecule has 0 unspecified atom stereocenters. The molecule has 0 atom stereocenters. The minimum atomic E-state index is 0.489. The normalized spacial score (nSPS) is 17.7. The van der Waals surface area contributed by atoms with Gasteiger partial charge >= 0.3 is 0 Å². The van der Waals surface area contributed by atoms with Gasteiger partial charge in [0.25, 0.3) is 0 Å². The van der Waals surface area contributed by atoms with E-state index in [2.05, 4.69) is 33.1 Å². The number of piperidine rings is 1. The summed E-state index contributed by atoms with van der Waals surface area (Å²) in [7, 11) is 0. The van der Waals surface area contributed by atoms with E-state index in [-0.39, 0.29) is 0 Å². The highest BCUT2D eigenvalue weighted by molar-refractivity contribution is 9.10. The third-order valence-corrected chi connectivity index (χ3v) is 5.29. The Hall–Kier alpha value is 0.0400. The molecular formula is C14H19BrCl2N2. The summed E-state index contributed by atoms with van der Waals surface area (Å²) in [4.78, 5) is 2.52. The molecule has 1 aromatic carbocycles. The van der Waals surface area contributed by atoms with Crippen molar-refractivity contribution in [2.45, 2.75) is 32.2 Å². The third-order valence-electron chi connectivity index (χ3n) is 3.52. The van der Waals surface area contributed by atoms with E-state index in [0.717, 1.165) is 36.1 Å². The van der Waals surface area contributed by atoms with E-state index in [1.165, 1.54) is 13.0 Å². The summed E-state index contributed by atoms with van der Waals surface area (Å²) in [5, 5.41) is 4.70. The largest absolute Gasteiger partial charge is 0.381 e. The van der Waals surface area contributed by atoms with Gasteiger partial charge in [0.1, 0.15) is 0 Å². The van der Waals surface area contributed by atoms with Crippen molar-refractivity contribution >= 4 is 44.8 Å². The van der Waals surface area contributed by atoms with Crippen LogP contribution in [0.25, 0.3) is 0 Å². The number of benzene rings is 1. The molecule has 106 valence electrons. The number of anilines is 1. The van der Waals surface area contributed by atoms with E-state index < -0.39 is 0 Å². The molecule has 1 aliphatic heterocycles. The second kappa shape index (κ2) is 7.16. The summed E-state index contributed by atoms with van der Waals surface area (Å²) in [6.07, 6.45) is 3.54. The minimum absolute atomic E-state index is 0.489. The van der Waals surface area contributed by atoms with E-state index >= 15 is 0 Å². The predicted octanol–water partition coefficient (Wildman–Crippen LogP) is 5.04. The Kier molecular flexibility index (Phi) is 5.82. The lowest BCUT2D eigenvalue weighted by Crippen LogP contribution is -2.39. The van der Waals surface area contributed by atoms with Crippen LogP contribution in [-0.4, -0.2) is 30.6 Å². The van der Waals surface area contributed by atoms with Crippen LogP contribution >= 0.6 is 39.1 Å². The topological polar surface area (TPSA) is 15.3 Å². The molecule has 1 fully saturated rings. The van der Waals surface area contributed by atoms with Crippen molar-refractivity contribution < 1.29 is 0 Å². The number of hydrogen-bond acceptors (Lipinski definition) is 2. The predicted molar refractivity (Wildman–Crippen MR) is 87.5 cm³/mol. The molecule has 0 spiro atoms. The van der Waals surface area contributed by atoms with Gasteiger partial charge in [-0.2, -0.15) is 0 Å². The average molecular weight is 366 g/mol. The molecule has 1 aromatic rings. The van der Waals surface area contributed by atoms with Gasteiger partial charge in [-0.3, -0.25) is 0 Å². The van der Waals surface area contributed by atoms with E-state index in [4.69, 9.17) is 23.2 Å². The Morgan fingerprint density at radius 1 is 1.26 bits per heavy atom. The van der Waals surface area contributed by atoms with Crippen LogP contribution in [0.1, 0.15) is 26.2 Å². The van der Waals surface area contributed by atoms with Gasteiger partial charge in [-0.15, -0.1) is 0 Å². The van der Waals surface area contributed by atoms with Crippen LogP contribution in [0.15, 0.2) is 16.6 Å². The first kappa shape index (κ1) is 15.4. The fourth-order valence-corrected chi connectivity index (χ4v) is 3.30. The van der Waals surface area contributed by atoms with Gasteiger partial charge in [-0.25, -0.2) is 0 Å². The molecule has 19 heavy (non-hydrogen) atoms. The standard InChI is InChI=1S/C14H19BrCl2N2/c1-2-7-19-8-5-10(6-9-19)18-12-4-3-11(15)13(16)14(12)17/h3-4,10,18H,2,5-9H2,1H3. The first-order valence-electron chi connectivity index (χ1n) is 6.74. The van der Waals surface area contributed by atoms with Crippen molar-refractivity contribution in [1.29, 1.82) is 0 Å². The first-order chi connectivity index (χ1) is 9.11. The highest BCUT2D eigenvalue weighted by Crippen LogP contribution is 2.36. The van der Waals surface area contributed by atoms with Crippen LogP contribution < -0.4 is 5.32 Å². The summed E-state index contributed by atoms with van der Waals surface area (Å²) in [5.74, 6) is 0. The van der Waals surface area contributed by atoms with Crippen LogP contribution in [-0.2, 0) is 0 Å². The van der Waals surface area contributed by atoms with Crippen LogP contribution in [0.3, 0.4) is 0 Å². The molecule has 2 rings (SSSR count). The summed E-state index contributed by atoms with van der Waals surface area (Å²) in [5.41, 5.74) is 0.934. The van der Waals surface area contributed by atoms with Gasteiger partial charge in [-0.05, 0) is 53.9 Å². The molecule has 1 aliphatic rings. The SMILES string of the molecule is CCCN1CCC(Nc2ccc(Br)c(Cl)c2Cl)CC1. The van der Waals surface area contributed by atoms with Gasteiger partial charge < -0.3 is 10.2 Å². The molecule has 0 radical (unpaired) electrons. The van der Waals surface area contributed by atoms with E-state index in [1.807, 2.05) is 12.1 Å². The Labute approximate surface area is 133 Å². The number of halogens is 3. The molecule has 5 heteroatoms. The van der Waals surface area contributed by atoms with E-state index in [9.17, 15) is 0 Å². The number of nitrogens with one attached hydrogen (secondary N) is 1. The fraction of sp³-hybridized carbons (Fsp3) is 0.571. The second-order valence-corrected chi connectivity index (χ2v) is 6.59. The Balaban J connectivity index is 1.94. The lowest BCUT2D eigenvalue weighted by Gasteiger charge is -2.32. The molecule has 0 aliphatic carbocycles. The maximum Gasteiger partial charge on any atom is 0.0835 e. The van der Waals surface area contributed by atoms with Crippen molar-refractivity contribution in [3.05, 3.63) is 26.7 Å². The van der Waals surface area contributed by atoms with Crippen LogP contribution in [0, 0.1) is 0 Å². The maximum atomic E-state index is 6.26. The summed E-state index contributed by atoms with van der Waals surface area (Å²) >= 11 is 15.8. The average Bonchev–Trinajstić information content (AvgIpc) is 2.42. The monoisotopic (exact) mass is 364 g/mol. The van der Waals surface area contributed by atoms with Gasteiger partial charge in [0.2, 0.25) is 0 Å². The number of likely N-dealkylation sites (tertiary alicyclic amines) is 1. The maximum absolute atomic E-state index is 6.26. The Morgan fingerprint density at radius 2 is 1.95 bits per heavy atom. The Morgan fingerprint density at radius 3 is 2.58 bits per heavy atom. The highest BCUT2D eigenvalue weighted by atomic mass is 79.9. The molecular weight excluding hydrogens is 347 g/mol. The summed E-state index contributed by atoms with van der Waals surface area (Å²) < 4.78 is 0.836. The Bertz CT molecular complexity index is 432. The van der Waals surface area contributed by atoms with Gasteiger partial charge in [0.05, 0.1) is 15.7 Å². The van der Waals surface area contributed by atoms with Crippen molar-refractivity contribution in [3.8, 4) is 0 Å². The lowest BCUT2D eigenvalue weighted by atomic mass is 10.0. The zero-order valence-corrected chi connectivity index (χ0v) is 14.2. The molecule has 0 saturated carbocycles. The summed E-state index contributed by atoms with van der Waals surface area (Å²) in [6.45, 7) is 5.76. The molecule has 0 aromatic heterocycles. The van der Waals surface area contributed by atoms with Crippen molar-refractivity contribution in [1.82, 2.24) is 4.90 Å². The van der Waals surface area contributed by atoms with E-state index in [0.29, 0.717) is 16.1 Å². The van der Waals surface area contributed by atoms with Crippen LogP contribution in [0.2, 0.25) is 10.0 Å². The fourth-order valence-electron chi connectivity index (χ4n) is 2.47. The van der Waals surface area contributed by atoms with Gasteiger partial charge in [0, 0.05) is 23.6 Å². The number of rotatable bonds is 4. The smallest absolute Gasteiger partial charge is 0.0835 e.